The zero-order valence-corrected chi connectivity index (χ0v) is 20.3. The van der Waals surface area contributed by atoms with E-state index in [-0.39, 0.29) is 5.75 Å². The van der Waals surface area contributed by atoms with Gasteiger partial charge in [-0.15, -0.1) is 0 Å². The smallest absolute Gasteiger partial charge is 0.166 e. The van der Waals surface area contributed by atoms with Gasteiger partial charge in [-0.1, -0.05) is 64.5 Å². The van der Waals surface area contributed by atoms with Crippen LogP contribution in [0.3, 0.4) is 0 Å². The van der Waals surface area contributed by atoms with Crippen LogP contribution >= 0.6 is 0 Å². The summed E-state index contributed by atoms with van der Waals surface area (Å²) in [4.78, 5) is 0. The molecule has 0 radical (unpaired) electrons. The van der Waals surface area contributed by atoms with Gasteiger partial charge in [0.1, 0.15) is 6.61 Å². The number of nitriles is 1. The van der Waals surface area contributed by atoms with Crippen molar-refractivity contribution in [3.8, 4) is 11.8 Å². The van der Waals surface area contributed by atoms with E-state index in [2.05, 4.69) is 26.0 Å². The molecule has 0 bridgehead atoms. The Hall–Kier alpha value is -1.82. The molecule has 1 aromatic carbocycles. The van der Waals surface area contributed by atoms with Crippen molar-refractivity contribution in [3.05, 3.63) is 41.7 Å². The third-order valence-corrected chi connectivity index (χ3v) is 8.39. The molecule has 0 heterocycles. The van der Waals surface area contributed by atoms with Crippen LogP contribution < -0.4 is 4.74 Å². The first-order chi connectivity index (χ1) is 15.6. The van der Waals surface area contributed by atoms with Crippen molar-refractivity contribution < 1.29 is 9.13 Å². The van der Waals surface area contributed by atoms with Gasteiger partial charge in [-0.3, -0.25) is 0 Å². The van der Waals surface area contributed by atoms with Gasteiger partial charge in [-0.2, -0.15) is 5.26 Å². The fourth-order valence-electron chi connectivity index (χ4n) is 6.67. The zero-order chi connectivity index (χ0) is 22.8. The lowest BCUT2D eigenvalue weighted by molar-refractivity contribution is -0.00723. The normalized spacial score (nSPS) is 24.2. The van der Waals surface area contributed by atoms with E-state index in [1.54, 1.807) is 12.1 Å². The highest BCUT2D eigenvalue weighted by atomic mass is 19.1. The van der Waals surface area contributed by atoms with Crippen molar-refractivity contribution in [2.45, 2.75) is 97.3 Å². The Labute approximate surface area is 195 Å². The van der Waals surface area contributed by atoms with Gasteiger partial charge in [0.05, 0.1) is 11.6 Å². The highest BCUT2D eigenvalue weighted by molar-refractivity contribution is 5.36. The number of rotatable bonds is 10. The van der Waals surface area contributed by atoms with Crippen molar-refractivity contribution in [2.24, 2.45) is 23.2 Å². The lowest BCUT2D eigenvalue weighted by Gasteiger charge is -2.51. The summed E-state index contributed by atoms with van der Waals surface area (Å²) in [5, 5.41) is 8.84. The molecule has 0 aliphatic heterocycles. The summed E-state index contributed by atoms with van der Waals surface area (Å²) in [7, 11) is 0. The molecule has 0 N–H and O–H groups in total. The topological polar surface area (TPSA) is 33.0 Å². The highest BCUT2D eigenvalue weighted by Crippen LogP contribution is 2.55. The average Bonchev–Trinajstić information content (AvgIpc) is 2.84. The van der Waals surface area contributed by atoms with Gasteiger partial charge in [-0.05, 0) is 86.3 Å². The molecule has 1 aromatic rings. The molecular weight excluding hydrogens is 397 g/mol. The second-order valence-electron chi connectivity index (χ2n) is 10.1. The van der Waals surface area contributed by atoms with Crippen molar-refractivity contribution in [2.75, 3.05) is 6.61 Å². The molecule has 0 saturated heterocycles. The Balaban J connectivity index is 1.52. The molecule has 2 saturated carbocycles. The minimum atomic E-state index is -0.468. The largest absolute Gasteiger partial charge is 0.486 e. The summed E-state index contributed by atoms with van der Waals surface area (Å²) in [6.07, 6.45) is 22.3. The number of hydrogen-bond donors (Lipinski definition) is 0. The molecular formula is C29H42FNO. The van der Waals surface area contributed by atoms with Crippen LogP contribution in [-0.4, -0.2) is 6.61 Å². The van der Waals surface area contributed by atoms with E-state index in [1.807, 2.05) is 6.07 Å². The molecule has 176 valence electrons. The van der Waals surface area contributed by atoms with Crippen LogP contribution in [0.2, 0.25) is 0 Å². The molecule has 1 unspecified atom stereocenters. The molecule has 1 atom stereocenters. The first-order valence-corrected chi connectivity index (χ1v) is 13.1. The number of halogens is 1. The second-order valence-corrected chi connectivity index (χ2v) is 10.1. The maximum absolute atomic E-state index is 13.9. The number of allylic oxidation sites excluding steroid dienone is 1. The van der Waals surface area contributed by atoms with Crippen LogP contribution in [-0.2, 0) is 0 Å². The lowest BCUT2D eigenvalue weighted by Crippen LogP contribution is -2.41. The molecule has 2 aliphatic carbocycles. The number of benzene rings is 1. The van der Waals surface area contributed by atoms with Gasteiger partial charge in [-0.25, -0.2) is 4.39 Å². The van der Waals surface area contributed by atoms with Gasteiger partial charge in [0.25, 0.3) is 0 Å². The van der Waals surface area contributed by atoms with Gasteiger partial charge < -0.3 is 4.74 Å². The van der Waals surface area contributed by atoms with Crippen molar-refractivity contribution in [3.63, 3.8) is 0 Å². The van der Waals surface area contributed by atoms with Crippen molar-refractivity contribution >= 4 is 0 Å². The maximum Gasteiger partial charge on any atom is 0.166 e. The Morgan fingerprint density at radius 3 is 2.53 bits per heavy atom. The third-order valence-electron chi connectivity index (χ3n) is 8.39. The summed E-state index contributed by atoms with van der Waals surface area (Å²) in [5.41, 5.74) is 0.922. The van der Waals surface area contributed by atoms with Crippen LogP contribution in [0.1, 0.15) is 103 Å². The average molecular weight is 440 g/mol. The monoisotopic (exact) mass is 439 g/mol. The fraction of sp³-hybridized carbons (Fsp3) is 0.690. The molecule has 0 spiro atoms. The number of unbranched alkanes of at least 4 members (excludes halogenated alkanes) is 1. The van der Waals surface area contributed by atoms with Crippen LogP contribution in [0.15, 0.2) is 30.4 Å². The number of ether oxygens (including phenoxy) is 1. The first kappa shape index (κ1) is 24.8. The van der Waals surface area contributed by atoms with Crippen LogP contribution in [0.4, 0.5) is 4.39 Å². The standard InChI is InChI=1S/C29H42FNO/c1-3-5-11-25(4-2)29(18-7-6-8-19-29)26-15-12-23(13-16-26)10-9-20-32-28-17-14-24(22-31)21-27(28)30/h9-10,14,17,21,23,25-26H,3-8,11-13,15-16,18-20H2,1-2H3/b10-9+. The van der Waals surface area contributed by atoms with E-state index >= 15 is 0 Å². The summed E-state index contributed by atoms with van der Waals surface area (Å²) in [6, 6.07) is 6.31. The van der Waals surface area contributed by atoms with E-state index < -0.39 is 5.82 Å². The molecule has 3 rings (SSSR count). The SMILES string of the molecule is CCCCC(CC)C1(C2CCC(/C=C/COc3ccc(C#N)cc3F)CC2)CCCCC1. The van der Waals surface area contributed by atoms with Crippen LogP contribution in [0.5, 0.6) is 5.75 Å². The minimum absolute atomic E-state index is 0.217. The summed E-state index contributed by atoms with van der Waals surface area (Å²) >= 11 is 0. The molecule has 0 aromatic heterocycles. The van der Waals surface area contributed by atoms with Gasteiger partial charge in [0.2, 0.25) is 0 Å². The van der Waals surface area contributed by atoms with E-state index in [4.69, 9.17) is 10.00 Å². The second kappa shape index (κ2) is 12.4. The van der Waals surface area contributed by atoms with Gasteiger partial charge >= 0.3 is 0 Å². The van der Waals surface area contributed by atoms with E-state index in [9.17, 15) is 4.39 Å². The van der Waals surface area contributed by atoms with E-state index in [1.165, 1.54) is 89.5 Å². The predicted octanol–water partition coefficient (Wildman–Crippen LogP) is 8.61. The quantitative estimate of drug-likeness (QED) is 0.342. The fourth-order valence-corrected chi connectivity index (χ4v) is 6.67. The molecule has 0 amide bonds. The molecule has 3 heteroatoms. The van der Waals surface area contributed by atoms with Gasteiger partial charge in [0, 0.05) is 0 Å². The zero-order valence-electron chi connectivity index (χ0n) is 20.3. The molecule has 2 nitrogen and oxygen atoms in total. The Bertz CT molecular complexity index is 766. The lowest BCUT2D eigenvalue weighted by atomic mass is 9.54. The third kappa shape index (κ3) is 6.15. The predicted molar refractivity (Wildman–Crippen MR) is 130 cm³/mol. The van der Waals surface area contributed by atoms with Crippen LogP contribution in [0, 0.1) is 40.3 Å². The maximum atomic E-state index is 13.9. The summed E-state index contributed by atoms with van der Waals surface area (Å²) < 4.78 is 19.5. The first-order valence-electron chi connectivity index (χ1n) is 13.1. The summed E-state index contributed by atoms with van der Waals surface area (Å²) in [5.74, 6) is 2.18. The van der Waals surface area contributed by atoms with E-state index in [0.717, 1.165) is 11.8 Å². The number of hydrogen-bond acceptors (Lipinski definition) is 2. The van der Waals surface area contributed by atoms with Crippen molar-refractivity contribution in [1.29, 1.82) is 5.26 Å². The van der Waals surface area contributed by atoms with Gasteiger partial charge in [0.15, 0.2) is 11.6 Å². The highest BCUT2D eigenvalue weighted by Gasteiger charge is 2.45. The van der Waals surface area contributed by atoms with E-state index in [0.29, 0.717) is 23.5 Å². The number of nitrogens with zero attached hydrogens (tertiary/aromatic N) is 1. The Morgan fingerprint density at radius 2 is 1.91 bits per heavy atom. The molecule has 2 fully saturated rings. The minimum Gasteiger partial charge on any atom is -0.486 e. The van der Waals surface area contributed by atoms with Crippen LogP contribution in [0.25, 0.3) is 0 Å². The summed E-state index contributed by atoms with van der Waals surface area (Å²) in [6.45, 7) is 5.14. The van der Waals surface area contributed by atoms with Crippen molar-refractivity contribution in [1.82, 2.24) is 0 Å². The Kier molecular flexibility index (Phi) is 9.64. The Morgan fingerprint density at radius 1 is 1.16 bits per heavy atom. The molecule has 32 heavy (non-hydrogen) atoms. The molecule has 2 aliphatic rings.